The second-order valence-electron chi connectivity index (χ2n) is 3.62. The minimum Gasteiger partial charge on any atom is -0.289 e. The van der Waals surface area contributed by atoms with E-state index >= 15 is 0 Å². The Morgan fingerprint density at radius 2 is 2.19 bits per heavy atom. The van der Waals surface area contributed by atoms with E-state index in [1.54, 1.807) is 16.7 Å². The largest absolute Gasteiger partial charge is 0.289 e. The lowest BCUT2D eigenvalue weighted by atomic mass is 10.1. The van der Waals surface area contributed by atoms with Gasteiger partial charge >= 0.3 is 0 Å². The molecule has 16 heavy (non-hydrogen) atoms. The van der Waals surface area contributed by atoms with Gasteiger partial charge in [-0.1, -0.05) is 61.2 Å². The van der Waals surface area contributed by atoms with Crippen LogP contribution < -0.4 is 0 Å². The first-order chi connectivity index (χ1) is 7.74. The number of thioether (sulfide) groups is 1. The minimum absolute atomic E-state index is 0.115. The van der Waals surface area contributed by atoms with Crippen molar-refractivity contribution in [2.24, 2.45) is 0 Å². The third-order valence-corrected chi connectivity index (χ3v) is 4.10. The number of carbonyl (C=O) groups is 1. The van der Waals surface area contributed by atoms with Gasteiger partial charge in [0, 0.05) is 12.2 Å². The molecule has 1 fully saturated rings. The fourth-order valence-electron chi connectivity index (χ4n) is 1.79. The molecule has 0 aliphatic carbocycles. The summed E-state index contributed by atoms with van der Waals surface area (Å²) >= 11 is 6.82. The topological polar surface area (TPSA) is 20.3 Å². The van der Waals surface area contributed by atoms with Crippen LogP contribution in [0.1, 0.15) is 24.9 Å². The number of thiocarbonyl (C=S) groups is 1. The van der Waals surface area contributed by atoms with Gasteiger partial charge in [-0.15, -0.1) is 0 Å². The summed E-state index contributed by atoms with van der Waals surface area (Å²) in [6.07, 6.45) is 0.504. The van der Waals surface area contributed by atoms with Crippen LogP contribution in [0.4, 0.5) is 0 Å². The molecule has 1 amide bonds. The second kappa shape index (κ2) is 4.97. The van der Waals surface area contributed by atoms with E-state index in [1.165, 1.54) is 0 Å². The summed E-state index contributed by atoms with van der Waals surface area (Å²) in [6, 6.07) is 10.2. The van der Waals surface area contributed by atoms with Crippen LogP contribution in [0.5, 0.6) is 0 Å². The first-order valence-corrected chi connectivity index (χ1v) is 6.67. The van der Waals surface area contributed by atoms with Crippen molar-refractivity contribution < 1.29 is 4.79 Å². The van der Waals surface area contributed by atoms with E-state index in [1.807, 2.05) is 25.1 Å². The van der Waals surface area contributed by atoms with E-state index in [2.05, 4.69) is 12.1 Å². The lowest BCUT2D eigenvalue weighted by Gasteiger charge is -2.23. The highest BCUT2D eigenvalue weighted by Crippen LogP contribution is 2.35. The second-order valence-corrected chi connectivity index (χ2v) is 5.27. The van der Waals surface area contributed by atoms with Crippen LogP contribution in [0.15, 0.2) is 30.3 Å². The van der Waals surface area contributed by atoms with E-state index in [0.717, 1.165) is 11.3 Å². The Morgan fingerprint density at radius 1 is 1.50 bits per heavy atom. The Morgan fingerprint density at radius 3 is 2.81 bits per heavy atom. The molecular weight excluding hydrogens is 238 g/mol. The Balaban J connectivity index is 2.28. The molecule has 0 radical (unpaired) electrons. The van der Waals surface area contributed by atoms with Crippen LogP contribution in [0.3, 0.4) is 0 Å². The fourth-order valence-corrected chi connectivity index (χ4v) is 3.23. The van der Waals surface area contributed by atoms with Crippen LogP contribution in [0.25, 0.3) is 0 Å². The molecule has 1 atom stereocenters. The zero-order valence-corrected chi connectivity index (χ0v) is 10.7. The molecule has 0 N–H and O–H groups in total. The predicted molar refractivity (Wildman–Crippen MR) is 71.4 cm³/mol. The summed E-state index contributed by atoms with van der Waals surface area (Å²) in [5, 5.41) is 0. The molecule has 0 aromatic heterocycles. The van der Waals surface area contributed by atoms with Gasteiger partial charge in [0.25, 0.3) is 0 Å². The molecule has 2 rings (SSSR count). The number of hydrogen-bond donors (Lipinski definition) is 0. The molecule has 1 aliphatic rings. The van der Waals surface area contributed by atoms with E-state index < -0.39 is 0 Å². The molecule has 1 aromatic carbocycles. The number of hydrogen-bond acceptors (Lipinski definition) is 3. The molecule has 2 nitrogen and oxygen atoms in total. The summed E-state index contributed by atoms with van der Waals surface area (Å²) in [4.78, 5) is 13.6. The van der Waals surface area contributed by atoms with Gasteiger partial charge in [0.2, 0.25) is 5.91 Å². The molecule has 4 heteroatoms. The number of amides is 1. The minimum atomic E-state index is 0.115. The number of benzene rings is 1. The zero-order chi connectivity index (χ0) is 11.5. The van der Waals surface area contributed by atoms with Crippen molar-refractivity contribution >= 4 is 34.2 Å². The predicted octanol–water partition coefficient (Wildman–Crippen LogP) is 3.00. The molecule has 1 heterocycles. The lowest BCUT2D eigenvalue weighted by Crippen LogP contribution is -2.32. The highest BCUT2D eigenvalue weighted by atomic mass is 32.2. The fraction of sp³-hybridized carbons (Fsp3) is 0.333. The van der Waals surface area contributed by atoms with E-state index in [-0.39, 0.29) is 11.9 Å². The maximum atomic E-state index is 11.8. The molecule has 0 spiro atoms. The molecule has 1 saturated heterocycles. The van der Waals surface area contributed by atoms with Gasteiger partial charge in [0.05, 0.1) is 6.04 Å². The summed E-state index contributed by atoms with van der Waals surface area (Å²) in [6.45, 7) is 1.87. The summed E-state index contributed by atoms with van der Waals surface area (Å²) in [5.74, 6) is 0.984. The van der Waals surface area contributed by atoms with Crippen molar-refractivity contribution in [2.75, 3.05) is 5.75 Å². The van der Waals surface area contributed by atoms with Crippen LogP contribution in [0, 0.1) is 0 Å². The van der Waals surface area contributed by atoms with Crippen molar-refractivity contribution in [3.8, 4) is 0 Å². The Kier molecular flexibility index (Phi) is 3.61. The average Bonchev–Trinajstić information content (AvgIpc) is 2.71. The van der Waals surface area contributed by atoms with Crippen molar-refractivity contribution in [1.29, 1.82) is 0 Å². The number of nitrogens with zero attached hydrogens (tertiary/aromatic N) is 1. The molecule has 1 unspecified atom stereocenters. The van der Waals surface area contributed by atoms with Gasteiger partial charge in [-0.05, 0) is 5.56 Å². The molecule has 0 bridgehead atoms. The SMILES string of the molecule is CCC(=O)N1C(=S)SCC1c1ccccc1. The molecule has 0 saturated carbocycles. The average molecular weight is 251 g/mol. The molecule has 1 aliphatic heterocycles. The molecule has 1 aromatic rings. The summed E-state index contributed by atoms with van der Waals surface area (Å²) in [5.41, 5.74) is 1.16. The Bertz CT molecular complexity index is 405. The quantitative estimate of drug-likeness (QED) is 0.754. The number of carbonyl (C=O) groups excluding carboxylic acids is 1. The first kappa shape index (κ1) is 11.6. The van der Waals surface area contributed by atoms with Crippen LogP contribution in [-0.4, -0.2) is 20.9 Å². The van der Waals surface area contributed by atoms with E-state index in [9.17, 15) is 4.79 Å². The highest BCUT2D eigenvalue weighted by molar-refractivity contribution is 8.23. The summed E-state index contributed by atoms with van der Waals surface area (Å²) < 4.78 is 0.709. The zero-order valence-electron chi connectivity index (χ0n) is 9.05. The van der Waals surface area contributed by atoms with Crippen molar-refractivity contribution in [3.05, 3.63) is 35.9 Å². The van der Waals surface area contributed by atoms with Crippen molar-refractivity contribution in [1.82, 2.24) is 4.90 Å². The van der Waals surface area contributed by atoms with E-state index in [4.69, 9.17) is 12.2 Å². The van der Waals surface area contributed by atoms with Gasteiger partial charge in [-0.3, -0.25) is 9.69 Å². The van der Waals surface area contributed by atoms with E-state index in [0.29, 0.717) is 10.7 Å². The third-order valence-electron chi connectivity index (χ3n) is 2.63. The molecular formula is C12H13NOS2. The monoisotopic (exact) mass is 251 g/mol. The third kappa shape index (κ3) is 2.13. The van der Waals surface area contributed by atoms with Crippen molar-refractivity contribution in [3.63, 3.8) is 0 Å². The summed E-state index contributed by atoms with van der Waals surface area (Å²) in [7, 11) is 0. The smallest absolute Gasteiger partial charge is 0.228 e. The Labute approximate surface area is 105 Å². The Hall–Kier alpha value is -0.870. The lowest BCUT2D eigenvalue weighted by molar-refractivity contribution is -0.128. The van der Waals surface area contributed by atoms with Gasteiger partial charge in [-0.25, -0.2) is 0 Å². The van der Waals surface area contributed by atoms with Gasteiger partial charge in [0.15, 0.2) is 0 Å². The maximum absolute atomic E-state index is 11.8. The van der Waals surface area contributed by atoms with Crippen LogP contribution >= 0.6 is 24.0 Å². The highest BCUT2D eigenvalue weighted by Gasteiger charge is 2.33. The maximum Gasteiger partial charge on any atom is 0.228 e. The van der Waals surface area contributed by atoms with Gasteiger partial charge in [0.1, 0.15) is 4.32 Å². The van der Waals surface area contributed by atoms with Crippen molar-refractivity contribution in [2.45, 2.75) is 19.4 Å². The normalized spacial score (nSPS) is 20.2. The van der Waals surface area contributed by atoms with Crippen LogP contribution in [-0.2, 0) is 4.79 Å². The van der Waals surface area contributed by atoms with Gasteiger partial charge < -0.3 is 0 Å². The molecule has 84 valence electrons. The standard InChI is InChI=1S/C12H13NOS2/c1-2-11(14)13-10(8-16-12(13)15)9-6-4-3-5-7-9/h3-7,10H,2,8H2,1H3. The number of rotatable bonds is 2. The van der Waals surface area contributed by atoms with Gasteiger partial charge in [-0.2, -0.15) is 0 Å². The van der Waals surface area contributed by atoms with Crippen LogP contribution in [0.2, 0.25) is 0 Å². The first-order valence-electron chi connectivity index (χ1n) is 5.27.